The average Bonchev–Trinajstić information content (AvgIpc) is 2.83. The van der Waals surface area contributed by atoms with E-state index in [4.69, 9.17) is 9.47 Å². The number of morpholine rings is 1. The number of rotatable bonds is 4. The summed E-state index contributed by atoms with van der Waals surface area (Å²) in [5, 5.41) is 0. The van der Waals surface area contributed by atoms with Crippen molar-refractivity contribution < 1.29 is 14.3 Å². The van der Waals surface area contributed by atoms with Gasteiger partial charge in [0.1, 0.15) is 0 Å². The quantitative estimate of drug-likeness (QED) is 0.738. The van der Waals surface area contributed by atoms with Crippen LogP contribution >= 0.6 is 0 Å². The van der Waals surface area contributed by atoms with Gasteiger partial charge in [0.05, 0.1) is 25.9 Å². The van der Waals surface area contributed by atoms with Gasteiger partial charge in [-0.2, -0.15) is 0 Å². The highest BCUT2D eigenvalue weighted by molar-refractivity contribution is 5.83. The minimum Gasteiger partial charge on any atom is -0.381 e. The van der Waals surface area contributed by atoms with Gasteiger partial charge in [-0.1, -0.05) is 6.92 Å². The van der Waals surface area contributed by atoms with Gasteiger partial charge >= 0.3 is 0 Å². The maximum absolute atomic E-state index is 12.1. The monoisotopic (exact) mass is 241 g/mol. The van der Waals surface area contributed by atoms with Crippen LogP contribution in [0.3, 0.4) is 0 Å². The van der Waals surface area contributed by atoms with Crippen LogP contribution in [0.25, 0.3) is 0 Å². The maximum Gasteiger partial charge on any atom is 0.152 e. The van der Waals surface area contributed by atoms with Crippen LogP contribution in [0.5, 0.6) is 0 Å². The molecule has 2 fully saturated rings. The Balaban J connectivity index is 1.88. The molecule has 4 heteroatoms. The summed E-state index contributed by atoms with van der Waals surface area (Å²) in [6.07, 6.45) is 2.18. The Bertz CT molecular complexity index is 263. The summed E-state index contributed by atoms with van der Waals surface area (Å²) in [5.74, 6) is 0.473. The van der Waals surface area contributed by atoms with Crippen molar-refractivity contribution in [2.45, 2.75) is 38.8 Å². The zero-order valence-electron chi connectivity index (χ0n) is 10.9. The first-order chi connectivity index (χ1) is 8.20. The molecule has 98 valence electrons. The Hall–Kier alpha value is -0.450. The Morgan fingerprint density at radius 2 is 2.24 bits per heavy atom. The predicted octanol–water partition coefficient (Wildman–Crippen LogP) is 1.09. The van der Waals surface area contributed by atoms with E-state index >= 15 is 0 Å². The van der Waals surface area contributed by atoms with Gasteiger partial charge in [0.2, 0.25) is 0 Å². The summed E-state index contributed by atoms with van der Waals surface area (Å²) in [5.41, 5.74) is 0. The van der Waals surface area contributed by atoms with Gasteiger partial charge in [-0.25, -0.2) is 0 Å². The molecule has 4 nitrogen and oxygen atoms in total. The number of Topliss-reactive ketones (excluding diaryl/α,β-unsaturated/α-hetero) is 1. The molecule has 2 aliphatic rings. The van der Waals surface area contributed by atoms with Crippen LogP contribution in [0.4, 0.5) is 0 Å². The first kappa shape index (κ1) is 13.0. The fraction of sp³-hybridized carbons (Fsp3) is 0.923. The standard InChI is InChI=1S/C13H23NO3/c1-3-12-9-17-10(2)6-14(12)7-13(15)11-4-5-16-8-11/h10-12H,3-9H2,1-2H3. The minimum atomic E-state index is 0.130. The number of carbonyl (C=O) groups is 1. The summed E-state index contributed by atoms with van der Waals surface area (Å²) in [6.45, 7) is 7.79. The molecule has 2 heterocycles. The van der Waals surface area contributed by atoms with E-state index in [0.29, 0.717) is 25.0 Å². The summed E-state index contributed by atoms with van der Waals surface area (Å²) in [7, 11) is 0. The first-order valence-electron chi connectivity index (χ1n) is 6.66. The fourth-order valence-electron chi connectivity index (χ4n) is 2.60. The van der Waals surface area contributed by atoms with E-state index in [0.717, 1.165) is 32.6 Å². The van der Waals surface area contributed by atoms with Gasteiger partial charge < -0.3 is 9.47 Å². The van der Waals surface area contributed by atoms with Crippen LogP contribution in [0.2, 0.25) is 0 Å². The molecule has 0 aromatic heterocycles. The molecule has 0 spiro atoms. The molecule has 0 radical (unpaired) electrons. The molecule has 0 aliphatic carbocycles. The smallest absolute Gasteiger partial charge is 0.152 e. The number of hydrogen-bond donors (Lipinski definition) is 0. The Labute approximate surface area is 103 Å². The molecule has 17 heavy (non-hydrogen) atoms. The fourth-order valence-corrected chi connectivity index (χ4v) is 2.60. The number of ether oxygens (including phenoxy) is 2. The number of carbonyl (C=O) groups excluding carboxylic acids is 1. The molecule has 0 saturated carbocycles. The van der Waals surface area contributed by atoms with Gasteiger partial charge in [-0.05, 0) is 19.8 Å². The normalized spacial score (nSPS) is 35.1. The van der Waals surface area contributed by atoms with Crippen LogP contribution in [0, 0.1) is 5.92 Å². The minimum absolute atomic E-state index is 0.130. The molecule has 0 aromatic carbocycles. The molecule has 2 saturated heterocycles. The highest BCUT2D eigenvalue weighted by Crippen LogP contribution is 2.18. The van der Waals surface area contributed by atoms with Crippen molar-refractivity contribution in [3.63, 3.8) is 0 Å². The molecule has 0 N–H and O–H groups in total. The summed E-state index contributed by atoms with van der Waals surface area (Å²) in [6, 6.07) is 0.400. The molecular weight excluding hydrogens is 218 g/mol. The lowest BCUT2D eigenvalue weighted by atomic mass is 10.0. The molecule has 2 aliphatic heterocycles. The van der Waals surface area contributed by atoms with E-state index in [1.165, 1.54) is 0 Å². The Kier molecular flexibility index (Phi) is 4.54. The van der Waals surface area contributed by atoms with E-state index in [1.807, 2.05) is 0 Å². The lowest BCUT2D eigenvalue weighted by molar-refractivity contribution is -0.128. The van der Waals surface area contributed by atoms with Crippen molar-refractivity contribution in [3.05, 3.63) is 0 Å². The molecule has 2 rings (SSSR count). The van der Waals surface area contributed by atoms with Gasteiger partial charge in [-0.15, -0.1) is 0 Å². The molecule has 3 atom stereocenters. The third-order valence-corrected chi connectivity index (χ3v) is 3.80. The van der Waals surface area contributed by atoms with Crippen LogP contribution in [-0.4, -0.2) is 55.7 Å². The lowest BCUT2D eigenvalue weighted by Gasteiger charge is -2.38. The first-order valence-corrected chi connectivity index (χ1v) is 6.66. The molecular formula is C13H23NO3. The second kappa shape index (κ2) is 5.94. The van der Waals surface area contributed by atoms with Crippen molar-refractivity contribution in [2.24, 2.45) is 5.92 Å². The van der Waals surface area contributed by atoms with Crippen molar-refractivity contribution in [3.8, 4) is 0 Å². The van der Waals surface area contributed by atoms with Crippen molar-refractivity contribution in [1.82, 2.24) is 4.90 Å². The zero-order valence-corrected chi connectivity index (χ0v) is 10.9. The summed E-state index contributed by atoms with van der Waals surface area (Å²) in [4.78, 5) is 14.4. The maximum atomic E-state index is 12.1. The van der Waals surface area contributed by atoms with Gasteiger partial charge in [0, 0.05) is 25.1 Å². The van der Waals surface area contributed by atoms with Crippen LogP contribution in [0.1, 0.15) is 26.7 Å². The zero-order chi connectivity index (χ0) is 12.3. The van der Waals surface area contributed by atoms with Crippen molar-refractivity contribution in [1.29, 1.82) is 0 Å². The van der Waals surface area contributed by atoms with E-state index in [2.05, 4.69) is 18.7 Å². The molecule has 3 unspecified atom stereocenters. The van der Waals surface area contributed by atoms with E-state index in [9.17, 15) is 4.79 Å². The molecule has 0 bridgehead atoms. The van der Waals surface area contributed by atoms with Crippen LogP contribution in [-0.2, 0) is 14.3 Å². The largest absolute Gasteiger partial charge is 0.381 e. The molecule has 0 amide bonds. The lowest BCUT2D eigenvalue weighted by Crippen LogP contribution is -2.51. The summed E-state index contributed by atoms with van der Waals surface area (Å²) >= 11 is 0. The van der Waals surface area contributed by atoms with Gasteiger partial charge in [-0.3, -0.25) is 9.69 Å². The topological polar surface area (TPSA) is 38.8 Å². The number of hydrogen-bond acceptors (Lipinski definition) is 4. The van der Waals surface area contributed by atoms with Crippen molar-refractivity contribution in [2.75, 3.05) is 32.9 Å². The SMILES string of the molecule is CCC1COC(C)CN1CC(=O)C1CCOC1. The Morgan fingerprint density at radius 3 is 2.88 bits per heavy atom. The van der Waals surface area contributed by atoms with Gasteiger partial charge in [0.15, 0.2) is 5.78 Å². The molecule has 0 aromatic rings. The second-order valence-corrected chi connectivity index (χ2v) is 5.16. The van der Waals surface area contributed by atoms with Crippen LogP contribution in [0.15, 0.2) is 0 Å². The predicted molar refractivity (Wildman–Crippen MR) is 65.0 cm³/mol. The second-order valence-electron chi connectivity index (χ2n) is 5.16. The third-order valence-electron chi connectivity index (χ3n) is 3.80. The summed E-state index contributed by atoms with van der Waals surface area (Å²) < 4.78 is 10.9. The van der Waals surface area contributed by atoms with E-state index in [1.54, 1.807) is 0 Å². The van der Waals surface area contributed by atoms with E-state index < -0.39 is 0 Å². The van der Waals surface area contributed by atoms with Crippen molar-refractivity contribution >= 4 is 5.78 Å². The highest BCUT2D eigenvalue weighted by Gasteiger charge is 2.30. The highest BCUT2D eigenvalue weighted by atomic mass is 16.5. The van der Waals surface area contributed by atoms with E-state index in [-0.39, 0.29) is 12.0 Å². The Morgan fingerprint density at radius 1 is 1.41 bits per heavy atom. The number of ketones is 1. The van der Waals surface area contributed by atoms with Crippen LogP contribution < -0.4 is 0 Å². The van der Waals surface area contributed by atoms with Gasteiger partial charge in [0.25, 0.3) is 0 Å². The third kappa shape index (κ3) is 3.27. The average molecular weight is 241 g/mol. The number of nitrogens with zero attached hydrogens (tertiary/aromatic N) is 1.